The third kappa shape index (κ3) is 5.53. The van der Waals surface area contributed by atoms with Crippen LogP contribution in [0, 0.1) is 29.3 Å². The maximum atomic E-state index is 14.7. The number of fused-ring (bicyclic) bond motifs is 1. The van der Waals surface area contributed by atoms with E-state index in [0.29, 0.717) is 29.2 Å². The van der Waals surface area contributed by atoms with E-state index in [1.54, 1.807) is 42.6 Å². The quantitative estimate of drug-likeness (QED) is 0.230. The van der Waals surface area contributed by atoms with Crippen molar-refractivity contribution in [3.8, 4) is 28.8 Å². The second kappa shape index (κ2) is 10.2. The molecule has 0 N–H and O–H groups in total. The Morgan fingerprint density at radius 3 is 2.30 bits per heavy atom. The van der Waals surface area contributed by atoms with E-state index < -0.39 is 11.6 Å². The molecule has 2 nitrogen and oxygen atoms in total. The molecule has 0 amide bonds. The Hall–Kier alpha value is -3.78. The molecule has 0 bridgehead atoms. The molecule has 0 aliphatic carbocycles. The summed E-state index contributed by atoms with van der Waals surface area (Å²) in [5.74, 6) is 4.14. The first kappa shape index (κ1) is 22.4. The number of rotatable bonds is 6. The molecule has 5 heteroatoms. The molecule has 166 valence electrons. The van der Waals surface area contributed by atoms with Crippen LogP contribution in [0.5, 0.6) is 5.75 Å². The lowest BCUT2D eigenvalue weighted by Gasteiger charge is -2.07. The van der Waals surface area contributed by atoms with Crippen molar-refractivity contribution >= 4 is 10.8 Å². The van der Waals surface area contributed by atoms with Gasteiger partial charge in [-0.15, -0.1) is 0 Å². The smallest absolute Gasteiger partial charge is 0.142 e. The maximum Gasteiger partial charge on any atom is 0.142 e. The van der Waals surface area contributed by atoms with Crippen molar-refractivity contribution in [2.75, 3.05) is 6.61 Å². The number of hydrogen-bond acceptors (Lipinski definition) is 2. The monoisotopic (exact) mass is 445 g/mol. The Morgan fingerprint density at radius 2 is 1.58 bits per heavy atom. The third-order valence-corrected chi connectivity index (χ3v) is 5.22. The van der Waals surface area contributed by atoms with Gasteiger partial charge in [0.25, 0.3) is 0 Å². The van der Waals surface area contributed by atoms with E-state index >= 15 is 0 Å². The van der Waals surface area contributed by atoms with Gasteiger partial charge in [-0.1, -0.05) is 43.7 Å². The Labute approximate surface area is 191 Å². The summed E-state index contributed by atoms with van der Waals surface area (Å²) < 4.78 is 48.3. The maximum absolute atomic E-state index is 14.7. The Morgan fingerprint density at radius 1 is 0.818 bits per heavy atom. The summed E-state index contributed by atoms with van der Waals surface area (Å²) in [6.07, 6.45) is 4.73. The zero-order chi connectivity index (χ0) is 23.2. The van der Waals surface area contributed by atoms with Crippen LogP contribution in [-0.4, -0.2) is 11.6 Å². The van der Waals surface area contributed by atoms with Gasteiger partial charge in [0.05, 0.1) is 24.1 Å². The first-order chi connectivity index (χ1) is 16.0. The van der Waals surface area contributed by atoms with Crippen LogP contribution < -0.4 is 4.74 Å². The van der Waals surface area contributed by atoms with Crippen LogP contribution >= 0.6 is 0 Å². The van der Waals surface area contributed by atoms with Gasteiger partial charge in [0.15, 0.2) is 0 Å². The van der Waals surface area contributed by atoms with Crippen LogP contribution in [0.25, 0.3) is 22.0 Å². The Balaban J connectivity index is 1.53. The third-order valence-electron chi connectivity index (χ3n) is 5.22. The lowest BCUT2D eigenvalue weighted by molar-refractivity contribution is 0.305. The molecule has 0 saturated heterocycles. The fraction of sp³-hybridized carbons (Fsp3) is 0.179. The van der Waals surface area contributed by atoms with Gasteiger partial charge in [-0.25, -0.2) is 13.2 Å². The highest BCUT2D eigenvalue weighted by Gasteiger charge is 2.11. The highest BCUT2D eigenvalue weighted by Crippen LogP contribution is 2.24. The van der Waals surface area contributed by atoms with Crippen molar-refractivity contribution in [3.05, 3.63) is 95.4 Å². The van der Waals surface area contributed by atoms with Crippen LogP contribution in [0.4, 0.5) is 13.2 Å². The molecule has 33 heavy (non-hydrogen) atoms. The van der Waals surface area contributed by atoms with Crippen molar-refractivity contribution < 1.29 is 17.9 Å². The summed E-state index contributed by atoms with van der Waals surface area (Å²) >= 11 is 0. The first-order valence-corrected chi connectivity index (χ1v) is 10.8. The summed E-state index contributed by atoms with van der Waals surface area (Å²) in [6, 6.07) is 15.4. The molecule has 0 fully saturated rings. The predicted octanol–water partition coefficient (Wildman–Crippen LogP) is 7.29. The molecule has 0 radical (unpaired) electrons. The highest BCUT2D eigenvalue weighted by molar-refractivity contribution is 5.84. The fourth-order valence-corrected chi connectivity index (χ4v) is 3.45. The van der Waals surface area contributed by atoms with Gasteiger partial charge in [0.2, 0.25) is 0 Å². The standard InChI is InChI=1S/C28H22F3NO/c1-2-3-4-13-33-24-10-12-28(32-18-24)22-16-26(30)25(27(31)17-22)11-6-19-5-7-21-15-23(29)9-8-20(21)14-19/h5,7-10,12,14-18H,2-4,13H2,1H3. The number of aromatic nitrogens is 1. The SMILES string of the molecule is CCCCCOc1ccc(-c2cc(F)c(C#Cc3ccc4cc(F)ccc4c3)c(F)c2)nc1. The molecule has 3 aromatic carbocycles. The zero-order valence-electron chi connectivity index (χ0n) is 18.2. The topological polar surface area (TPSA) is 22.1 Å². The van der Waals surface area contributed by atoms with Crippen LogP contribution in [0.1, 0.15) is 37.3 Å². The van der Waals surface area contributed by atoms with Gasteiger partial charge < -0.3 is 4.74 Å². The van der Waals surface area contributed by atoms with E-state index in [4.69, 9.17) is 4.74 Å². The number of hydrogen-bond donors (Lipinski definition) is 0. The number of halogens is 3. The summed E-state index contributed by atoms with van der Waals surface area (Å²) in [5.41, 5.74) is 1.03. The molecule has 4 aromatic rings. The first-order valence-electron chi connectivity index (χ1n) is 10.8. The molecule has 0 atom stereocenters. The van der Waals surface area contributed by atoms with E-state index in [0.717, 1.165) is 30.0 Å². The second-order valence-corrected chi connectivity index (χ2v) is 7.71. The molecule has 0 spiro atoms. The number of benzene rings is 3. The second-order valence-electron chi connectivity index (χ2n) is 7.71. The van der Waals surface area contributed by atoms with Crippen molar-refractivity contribution in [1.82, 2.24) is 4.98 Å². The normalized spacial score (nSPS) is 10.7. The summed E-state index contributed by atoms with van der Waals surface area (Å²) in [5, 5.41) is 1.52. The molecule has 4 rings (SSSR count). The van der Waals surface area contributed by atoms with Gasteiger partial charge in [-0.2, -0.15) is 0 Å². The number of nitrogens with zero attached hydrogens (tertiary/aromatic N) is 1. The largest absolute Gasteiger partial charge is 0.492 e. The van der Waals surface area contributed by atoms with Gasteiger partial charge in [0, 0.05) is 11.1 Å². The molecule has 0 aliphatic rings. The number of unbranched alkanes of at least 4 members (excludes halogenated alkanes) is 2. The average molecular weight is 445 g/mol. The van der Waals surface area contributed by atoms with Gasteiger partial charge in [-0.05, 0) is 65.7 Å². The van der Waals surface area contributed by atoms with E-state index in [2.05, 4.69) is 23.7 Å². The van der Waals surface area contributed by atoms with Crippen LogP contribution in [0.15, 0.2) is 66.9 Å². The van der Waals surface area contributed by atoms with Crippen LogP contribution in [0.2, 0.25) is 0 Å². The summed E-state index contributed by atoms with van der Waals surface area (Å²) in [7, 11) is 0. The molecular weight excluding hydrogens is 423 g/mol. The lowest BCUT2D eigenvalue weighted by Crippen LogP contribution is -1.98. The highest BCUT2D eigenvalue weighted by atomic mass is 19.1. The number of pyridine rings is 1. The van der Waals surface area contributed by atoms with Crippen molar-refractivity contribution in [1.29, 1.82) is 0 Å². The zero-order valence-corrected chi connectivity index (χ0v) is 18.2. The molecular formula is C28H22F3NO. The van der Waals surface area contributed by atoms with Gasteiger partial charge in [-0.3, -0.25) is 4.98 Å². The van der Waals surface area contributed by atoms with Crippen LogP contribution in [0.3, 0.4) is 0 Å². The van der Waals surface area contributed by atoms with E-state index in [-0.39, 0.29) is 11.4 Å². The minimum absolute atomic E-state index is 0.311. The Kier molecular flexibility index (Phi) is 6.95. The van der Waals surface area contributed by atoms with Crippen molar-refractivity contribution in [2.24, 2.45) is 0 Å². The summed E-state index contributed by atoms with van der Waals surface area (Å²) in [6.45, 7) is 2.73. The molecule has 1 aromatic heterocycles. The van der Waals surface area contributed by atoms with E-state index in [1.807, 2.05) is 0 Å². The minimum atomic E-state index is -0.762. The van der Waals surface area contributed by atoms with Crippen molar-refractivity contribution in [3.63, 3.8) is 0 Å². The average Bonchev–Trinajstić information content (AvgIpc) is 2.81. The van der Waals surface area contributed by atoms with Gasteiger partial charge in [0.1, 0.15) is 23.2 Å². The van der Waals surface area contributed by atoms with Crippen LogP contribution in [-0.2, 0) is 0 Å². The lowest BCUT2D eigenvalue weighted by atomic mass is 10.1. The molecule has 0 unspecified atom stereocenters. The predicted molar refractivity (Wildman–Crippen MR) is 124 cm³/mol. The summed E-state index contributed by atoms with van der Waals surface area (Å²) in [4.78, 5) is 4.27. The molecule has 0 aliphatic heterocycles. The van der Waals surface area contributed by atoms with Crippen molar-refractivity contribution in [2.45, 2.75) is 26.2 Å². The van der Waals surface area contributed by atoms with Gasteiger partial charge >= 0.3 is 0 Å². The fourth-order valence-electron chi connectivity index (χ4n) is 3.45. The molecule has 1 heterocycles. The Bertz CT molecular complexity index is 1310. The van der Waals surface area contributed by atoms with E-state index in [9.17, 15) is 13.2 Å². The minimum Gasteiger partial charge on any atom is -0.492 e. The molecule has 0 saturated carbocycles. The number of ether oxygens (including phenoxy) is 1. The van der Waals surface area contributed by atoms with E-state index in [1.165, 1.54) is 24.3 Å².